The summed E-state index contributed by atoms with van der Waals surface area (Å²) in [7, 11) is 1.69. The molecule has 2 aromatic carbocycles. The normalized spacial score (nSPS) is 27.6. The molecular weight excluding hydrogens is 430 g/mol. The second-order valence-electron chi connectivity index (χ2n) is 10.1. The molecule has 6 heteroatoms. The van der Waals surface area contributed by atoms with Crippen LogP contribution in [0.5, 0.6) is 5.75 Å². The van der Waals surface area contributed by atoms with Gasteiger partial charge in [-0.25, -0.2) is 0 Å². The van der Waals surface area contributed by atoms with Crippen molar-refractivity contribution in [2.75, 3.05) is 12.9 Å². The molecule has 0 saturated heterocycles. The lowest BCUT2D eigenvalue weighted by molar-refractivity contribution is -0.0103. The Morgan fingerprint density at radius 3 is 2.21 bits per heavy atom. The number of thioether (sulfide) groups is 1. The van der Waals surface area contributed by atoms with E-state index in [9.17, 15) is 4.79 Å². The third-order valence-electron chi connectivity index (χ3n) is 7.90. The van der Waals surface area contributed by atoms with Gasteiger partial charge in [0.2, 0.25) is 0 Å². The van der Waals surface area contributed by atoms with Gasteiger partial charge in [0.15, 0.2) is 10.9 Å². The van der Waals surface area contributed by atoms with E-state index in [1.165, 1.54) is 50.3 Å². The molecule has 1 aromatic heterocycles. The van der Waals surface area contributed by atoms with Crippen LogP contribution >= 0.6 is 11.8 Å². The Bertz CT molecular complexity index is 1120. The summed E-state index contributed by atoms with van der Waals surface area (Å²) in [5.74, 6) is 4.87. The summed E-state index contributed by atoms with van der Waals surface area (Å²) < 4.78 is 7.62. The highest BCUT2D eigenvalue weighted by Crippen LogP contribution is 2.60. The molecule has 4 saturated carbocycles. The minimum atomic E-state index is 0.112. The minimum Gasteiger partial charge on any atom is -0.497 e. The van der Waals surface area contributed by atoms with E-state index in [4.69, 9.17) is 9.84 Å². The maximum Gasteiger partial charge on any atom is 0.196 e. The van der Waals surface area contributed by atoms with Gasteiger partial charge in [0, 0.05) is 16.7 Å². The zero-order chi connectivity index (χ0) is 22.4. The molecule has 3 aromatic rings. The molecule has 4 bridgehead atoms. The van der Waals surface area contributed by atoms with Gasteiger partial charge in [-0.15, -0.1) is 10.2 Å². The highest BCUT2D eigenvalue weighted by atomic mass is 32.2. The predicted molar refractivity (Wildman–Crippen MR) is 129 cm³/mol. The fourth-order valence-corrected chi connectivity index (χ4v) is 7.74. The first-order valence-electron chi connectivity index (χ1n) is 11.9. The molecule has 4 aliphatic rings. The van der Waals surface area contributed by atoms with E-state index < -0.39 is 0 Å². The smallest absolute Gasteiger partial charge is 0.196 e. The molecule has 0 unspecified atom stereocenters. The van der Waals surface area contributed by atoms with Crippen molar-refractivity contribution < 1.29 is 9.53 Å². The van der Waals surface area contributed by atoms with Crippen molar-refractivity contribution in [3.8, 4) is 11.4 Å². The zero-order valence-corrected chi connectivity index (χ0v) is 19.8. The third-order valence-corrected chi connectivity index (χ3v) is 8.83. The van der Waals surface area contributed by atoms with Gasteiger partial charge in [0.1, 0.15) is 11.6 Å². The summed E-state index contributed by atoms with van der Waals surface area (Å²) in [6, 6.07) is 17.6. The van der Waals surface area contributed by atoms with Gasteiger partial charge in [-0.2, -0.15) is 0 Å². The number of ether oxygens (including phenoxy) is 1. The van der Waals surface area contributed by atoms with Gasteiger partial charge in [0.25, 0.3) is 0 Å². The Hall–Kier alpha value is -2.60. The molecular formula is C27H29N3O2S. The number of hydrogen-bond donors (Lipinski definition) is 0. The summed E-state index contributed by atoms with van der Waals surface area (Å²) in [6.07, 6.45) is 7.85. The van der Waals surface area contributed by atoms with E-state index in [0.29, 0.717) is 5.75 Å². The van der Waals surface area contributed by atoms with Crippen LogP contribution in [-0.4, -0.2) is 33.4 Å². The van der Waals surface area contributed by atoms with Crippen LogP contribution in [-0.2, 0) is 5.41 Å². The van der Waals surface area contributed by atoms with Crippen molar-refractivity contribution in [2.45, 2.75) is 49.1 Å². The fourth-order valence-electron chi connectivity index (χ4n) is 6.89. The summed E-state index contributed by atoms with van der Waals surface area (Å²) >= 11 is 1.49. The van der Waals surface area contributed by atoms with Gasteiger partial charge in [0.05, 0.1) is 12.9 Å². The first-order valence-corrected chi connectivity index (χ1v) is 12.9. The van der Waals surface area contributed by atoms with Crippen molar-refractivity contribution in [3.63, 3.8) is 0 Å². The average molecular weight is 460 g/mol. The molecule has 5 nitrogen and oxygen atoms in total. The lowest BCUT2D eigenvalue weighted by Crippen LogP contribution is -2.49. The first-order chi connectivity index (χ1) is 16.1. The van der Waals surface area contributed by atoms with Crippen LogP contribution in [0.3, 0.4) is 0 Å². The molecule has 0 radical (unpaired) electrons. The number of carbonyl (C=O) groups is 1. The lowest BCUT2D eigenvalue weighted by Gasteiger charge is -2.56. The summed E-state index contributed by atoms with van der Waals surface area (Å²) in [5, 5.41) is 10.3. The van der Waals surface area contributed by atoms with Crippen molar-refractivity contribution >= 4 is 17.5 Å². The van der Waals surface area contributed by atoms with Crippen LogP contribution in [0.4, 0.5) is 0 Å². The number of aromatic nitrogens is 3. The van der Waals surface area contributed by atoms with Crippen LogP contribution in [0.15, 0.2) is 59.8 Å². The second-order valence-corrected chi connectivity index (χ2v) is 11.1. The second kappa shape index (κ2) is 8.32. The quantitative estimate of drug-likeness (QED) is 0.334. The van der Waals surface area contributed by atoms with Crippen molar-refractivity contribution in [3.05, 3.63) is 66.0 Å². The maximum atomic E-state index is 12.8. The molecule has 4 fully saturated rings. The number of rotatable bonds is 7. The van der Waals surface area contributed by atoms with Gasteiger partial charge in [-0.05, 0) is 80.5 Å². The number of nitrogens with zero attached hydrogens (tertiary/aromatic N) is 3. The number of methoxy groups -OCH3 is 1. The Kier molecular flexibility index (Phi) is 5.28. The molecule has 0 N–H and O–H groups in total. The van der Waals surface area contributed by atoms with Crippen molar-refractivity contribution in [2.24, 2.45) is 17.8 Å². The van der Waals surface area contributed by atoms with Crippen LogP contribution in [0.2, 0.25) is 0 Å². The van der Waals surface area contributed by atoms with Crippen LogP contribution in [0.25, 0.3) is 5.69 Å². The Balaban J connectivity index is 1.36. The minimum absolute atomic E-state index is 0.112. The number of benzene rings is 2. The molecule has 7 rings (SSSR count). The molecule has 170 valence electrons. The van der Waals surface area contributed by atoms with E-state index in [-0.39, 0.29) is 11.2 Å². The van der Waals surface area contributed by atoms with Crippen molar-refractivity contribution in [1.82, 2.24) is 14.8 Å². The van der Waals surface area contributed by atoms with E-state index in [0.717, 1.165) is 45.7 Å². The topological polar surface area (TPSA) is 57.0 Å². The van der Waals surface area contributed by atoms with Gasteiger partial charge >= 0.3 is 0 Å². The van der Waals surface area contributed by atoms with Crippen molar-refractivity contribution in [1.29, 1.82) is 0 Å². The average Bonchev–Trinajstić information content (AvgIpc) is 3.27. The standard InChI is InChI=1S/C27H29N3O2S/c1-32-23-9-7-22(8-10-23)30-25(27-14-18-11-19(15-27)13-20(12-18)16-27)28-29-26(30)33-17-24(31)21-5-3-2-4-6-21/h2-10,18-20H,11-17H2,1H3. The SMILES string of the molecule is COc1ccc(-n2c(SCC(=O)c3ccccc3)nnc2C23CC4CC(CC(C4)C2)C3)cc1. The van der Waals surface area contributed by atoms with E-state index in [1.807, 2.05) is 42.5 Å². The Labute approximate surface area is 198 Å². The lowest BCUT2D eigenvalue weighted by atomic mass is 9.49. The maximum absolute atomic E-state index is 12.8. The summed E-state index contributed by atoms with van der Waals surface area (Å²) in [6.45, 7) is 0. The van der Waals surface area contributed by atoms with Gasteiger partial charge in [-0.3, -0.25) is 9.36 Å². The molecule has 1 heterocycles. The molecule has 0 aliphatic heterocycles. The summed E-state index contributed by atoms with van der Waals surface area (Å²) in [4.78, 5) is 12.8. The van der Waals surface area contributed by atoms with Gasteiger partial charge in [-0.1, -0.05) is 42.1 Å². The van der Waals surface area contributed by atoms with Crippen LogP contribution < -0.4 is 4.74 Å². The van der Waals surface area contributed by atoms with E-state index in [1.54, 1.807) is 7.11 Å². The van der Waals surface area contributed by atoms with Crippen LogP contribution in [0, 0.1) is 17.8 Å². The molecule has 0 spiro atoms. The summed E-state index contributed by atoms with van der Waals surface area (Å²) in [5.41, 5.74) is 1.90. The number of ketones is 1. The zero-order valence-electron chi connectivity index (χ0n) is 18.9. The first kappa shape index (κ1) is 21.0. The fraction of sp³-hybridized carbons (Fsp3) is 0.444. The van der Waals surface area contributed by atoms with Crippen LogP contribution in [0.1, 0.15) is 54.7 Å². The van der Waals surface area contributed by atoms with Gasteiger partial charge < -0.3 is 4.74 Å². The molecule has 0 atom stereocenters. The Morgan fingerprint density at radius 1 is 0.970 bits per heavy atom. The Morgan fingerprint density at radius 2 is 1.61 bits per heavy atom. The third kappa shape index (κ3) is 3.78. The highest BCUT2D eigenvalue weighted by molar-refractivity contribution is 7.99. The largest absolute Gasteiger partial charge is 0.497 e. The predicted octanol–water partition coefficient (Wildman–Crippen LogP) is 5.72. The number of hydrogen-bond acceptors (Lipinski definition) is 5. The van der Waals surface area contributed by atoms with E-state index >= 15 is 0 Å². The number of Topliss-reactive ketones (excluding diaryl/α,β-unsaturated/α-hetero) is 1. The number of carbonyl (C=O) groups excluding carboxylic acids is 1. The monoisotopic (exact) mass is 459 g/mol. The highest BCUT2D eigenvalue weighted by Gasteiger charge is 2.54. The van der Waals surface area contributed by atoms with E-state index in [2.05, 4.69) is 21.8 Å². The molecule has 0 amide bonds. The molecule has 4 aliphatic carbocycles. The molecule has 33 heavy (non-hydrogen) atoms.